The van der Waals surface area contributed by atoms with Gasteiger partial charge in [-0.3, -0.25) is 4.79 Å². The van der Waals surface area contributed by atoms with Crippen LogP contribution < -0.4 is 0 Å². The molecule has 0 radical (unpaired) electrons. The number of aliphatic carboxylic acids is 2. The summed E-state index contributed by atoms with van der Waals surface area (Å²) in [6, 6.07) is 0. The zero-order valence-corrected chi connectivity index (χ0v) is 7.77. The molecule has 0 aromatic carbocycles. The Kier molecular flexibility index (Phi) is 4.28. The quantitative estimate of drug-likeness (QED) is 0.510. The van der Waals surface area contributed by atoms with Crippen LogP contribution in [0.3, 0.4) is 0 Å². The van der Waals surface area contributed by atoms with Gasteiger partial charge in [0.2, 0.25) is 0 Å². The van der Waals surface area contributed by atoms with Crippen LogP contribution in [0.5, 0.6) is 0 Å². The van der Waals surface area contributed by atoms with Gasteiger partial charge in [0, 0.05) is 17.2 Å². The van der Waals surface area contributed by atoms with Gasteiger partial charge in [0.25, 0.3) is 0 Å². The summed E-state index contributed by atoms with van der Waals surface area (Å²) >= 11 is 0. The molecule has 0 aliphatic rings. The van der Waals surface area contributed by atoms with Crippen molar-refractivity contribution in [3.8, 4) is 0 Å². The van der Waals surface area contributed by atoms with Crippen molar-refractivity contribution in [2.75, 3.05) is 0 Å². The van der Waals surface area contributed by atoms with Crippen LogP contribution in [-0.2, 0) is 14.4 Å². The van der Waals surface area contributed by atoms with Crippen LogP contribution in [0.1, 0.15) is 13.8 Å². The minimum Gasteiger partial charge on any atom is -0.478 e. The first kappa shape index (κ1) is 12.1. The van der Waals surface area contributed by atoms with E-state index in [0.717, 1.165) is 6.08 Å². The molecule has 0 amide bonds. The fourth-order valence-corrected chi connectivity index (χ4v) is 0.673. The van der Waals surface area contributed by atoms with Gasteiger partial charge < -0.3 is 10.2 Å². The van der Waals surface area contributed by atoms with Crippen molar-refractivity contribution in [2.24, 2.45) is 0 Å². The Labute approximate surface area is 80.4 Å². The molecule has 0 aliphatic carbocycles. The summed E-state index contributed by atoms with van der Waals surface area (Å²) in [4.78, 5) is 31.5. The van der Waals surface area contributed by atoms with Crippen LogP contribution in [0.15, 0.2) is 23.3 Å². The van der Waals surface area contributed by atoms with E-state index >= 15 is 0 Å². The number of hydrogen-bond acceptors (Lipinski definition) is 3. The van der Waals surface area contributed by atoms with Gasteiger partial charge in [-0.05, 0) is 19.9 Å². The van der Waals surface area contributed by atoms with E-state index < -0.39 is 17.7 Å². The fourth-order valence-electron chi connectivity index (χ4n) is 0.673. The molecule has 0 saturated carbocycles. The first-order valence-electron chi connectivity index (χ1n) is 3.71. The van der Waals surface area contributed by atoms with Crippen LogP contribution in [0.2, 0.25) is 0 Å². The minimum atomic E-state index is -1.29. The van der Waals surface area contributed by atoms with Crippen LogP contribution in [0.25, 0.3) is 0 Å². The summed E-state index contributed by atoms with van der Waals surface area (Å²) in [5.74, 6) is -2.97. The molecule has 0 fully saturated rings. The number of carbonyl (C=O) groups is 3. The minimum absolute atomic E-state index is 0.0901. The lowest BCUT2D eigenvalue weighted by atomic mass is 10.1. The summed E-state index contributed by atoms with van der Waals surface area (Å²) < 4.78 is 0. The molecule has 0 rings (SSSR count). The smallest absolute Gasteiger partial charge is 0.331 e. The second-order valence-corrected chi connectivity index (χ2v) is 2.63. The van der Waals surface area contributed by atoms with Gasteiger partial charge in [0.15, 0.2) is 5.78 Å². The number of carbonyl (C=O) groups excluding carboxylic acids is 1. The Balaban J connectivity index is 5.07. The number of Topliss-reactive ketones (excluding diaryl/α,β-unsaturated/α-hetero) is 1. The molecule has 5 heteroatoms. The number of carboxylic acid groups (broad SMARTS) is 2. The summed E-state index contributed by atoms with van der Waals surface area (Å²) in [6.07, 6.45) is 1.70. The van der Waals surface area contributed by atoms with Crippen molar-refractivity contribution in [1.82, 2.24) is 0 Å². The maximum Gasteiger partial charge on any atom is 0.331 e. The second kappa shape index (κ2) is 4.96. The fraction of sp³-hybridized carbons (Fsp3) is 0.222. The van der Waals surface area contributed by atoms with Gasteiger partial charge in [-0.1, -0.05) is 0 Å². The highest BCUT2D eigenvalue weighted by atomic mass is 16.4. The molecule has 0 saturated heterocycles. The van der Waals surface area contributed by atoms with Crippen molar-refractivity contribution in [3.05, 3.63) is 23.3 Å². The molecule has 0 unspecified atom stereocenters. The molecule has 0 aromatic heterocycles. The van der Waals surface area contributed by atoms with Gasteiger partial charge in [-0.2, -0.15) is 0 Å². The average molecular weight is 198 g/mol. The first-order chi connectivity index (χ1) is 6.34. The third kappa shape index (κ3) is 4.20. The average Bonchev–Trinajstić information content (AvgIpc) is 2.01. The number of allylic oxidation sites excluding steroid dienone is 2. The summed E-state index contributed by atoms with van der Waals surface area (Å²) in [7, 11) is 0. The number of carboxylic acids is 2. The van der Waals surface area contributed by atoms with E-state index in [4.69, 9.17) is 10.2 Å². The van der Waals surface area contributed by atoms with Gasteiger partial charge >= 0.3 is 11.9 Å². The Morgan fingerprint density at radius 1 is 1.00 bits per heavy atom. The highest BCUT2D eigenvalue weighted by Gasteiger charge is 2.06. The number of rotatable bonds is 4. The third-order valence-corrected chi connectivity index (χ3v) is 1.39. The van der Waals surface area contributed by atoms with Gasteiger partial charge in [-0.25, -0.2) is 9.59 Å². The molecule has 0 aromatic rings. The van der Waals surface area contributed by atoms with E-state index in [0.29, 0.717) is 6.08 Å². The van der Waals surface area contributed by atoms with Crippen molar-refractivity contribution in [1.29, 1.82) is 0 Å². The summed E-state index contributed by atoms with van der Waals surface area (Å²) in [5, 5.41) is 16.9. The standard InChI is InChI=1S/C9H10O5/c1-5(9(13)14)3-7(6(2)10)4-8(11)12/h3-4H,1-2H3,(H,11,12)(H,13,14)/b5-3-,7-4+. The maximum atomic E-state index is 10.9. The zero-order chi connectivity index (χ0) is 11.3. The van der Waals surface area contributed by atoms with Crippen molar-refractivity contribution >= 4 is 17.7 Å². The lowest BCUT2D eigenvalue weighted by molar-refractivity contribution is -0.133. The number of ketones is 1. The Morgan fingerprint density at radius 3 is 1.79 bits per heavy atom. The van der Waals surface area contributed by atoms with E-state index in [2.05, 4.69) is 0 Å². The van der Waals surface area contributed by atoms with E-state index in [9.17, 15) is 14.4 Å². The highest BCUT2D eigenvalue weighted by Crippen LogP contribution is 2.04. The molecular weight excluding hydrogens is 188 g/mol. The van der Waals surface area contributed by atoms with Crippen LogP contribution >= 0.6 is 0 Å². The van der Waals surface area contributed by atoms with Crippen molar-refractivity contribution < 1.29 is 24.6 Å². The highest BCUT2D eigenvalue weighted by molar-refractivity contribution is 6.02. The van der Waals surface area contributed by atoms with E-state index in [-0.39, 0.29) is 11.1 Å². The Morgan fingerprint density at radius 2 is 1.50 bits per heavy atom. The first-order valence-corrected chi connectivity index (χ1v) is 3.71. The lowest BCUT2D eigenvalue weighted by Gasteiger charge is -1.96. The van der Waals surface area contributed by atoms with Crippen LogP contribution in [-0.4, -0.2) is 27.9 Å². The monoisotopic (exact) mass is 198 g/mol. The molecule has 2 N–H and O–H groups in total. The largest absolute Gasteiger partial charge is 0.478 e. The topological polar surface area (TPSA) is 91.7 Å². The third-order valence-electron chi connectivity index (χ3n) is 1.39. The van der Waals surface area contributed by atoms with Crippen molar-refractivity contribution in [2.45, 2.75) is 13.8 Å². The van der Waals surface area contributed by atoms with Crippen LogP contribution in [0, 0.1) is 0 Å². The SMILES string of the molecule is CC(=O)C(/C=C(/C)C(=O)O)=C/C(=O)O. The second-order valence-electron chi connectivity index (χ2n) is 2.63. The van der Waals surface area contributed by atoms with E-state index in [1.165, 1.54) is 13.8 Å². The lowest BCUT2D eigenvalue weighted by Crippen LogP contribution is -2.02. The summed E-state index contributed by atoms with van der Waals surface area (Å²) in [6.45, 7) is 2.45. The number of hydrogen-bond donors (Lipinski definition) is 2. The van der Waals surface area contributed by atoms with Gasteiger partial charge in [-0.15, -0.1) is 0 Å². The van der Waals surface area contributed by atoms with Crippen molar-refractivity contribution in [3.63, 3.8) is 0 Å². The van der Waals surface area contributed by atoms with Crippen LogP contribution in [0.4, 0.5) is 0 Å². The molecule has 0 bridgehead atoms. The molecule has 0 spiro atoms. The van der Waals surface area contributed by atoms with Gasteiger partial charge in [0.1, 0.15) is 0 Å². The molecule has 0 aliphatic heterocycles. The van der Waals surface area contributed by atoms with E-state index in [1.54, 1.807) is 0 Å². The Hall–Kier alpha value is -1.91. The molecular formula is C9H10O5. The molecule has 5 nitrogen and oxygen atoms in total. The summed E-state index contributed by atoms with van der Waals surface area (Å²) in [5.41, 5.74) is -0.231. The maximum absolute atomic E-state index is 10.9. The molecule has 0 atom stereocenters. The molecule has 14 heavy (non-hydrogen) atoms. The predicted octanol–water partition coefficient (Wildman–Crippen LogP) is 0.617. The molecule has 76 valence electrons. The normalized spacial score (nSPS) is 12.4. The molecule has 0 heterocycles. The van der Waals surface area contributed by atoms with E-state index in [1.807, 2.05) is 0 Å². The predicted molar refractivity (Wildman–Crippen MR) is 47.8 cm³/mol. The Bertz CT molecular complexity index is 335. The van der Waals surface area contributed by atoms with Gasteiger partial charge in [0.05, 0.1) is 0 Å². The zero-order valence-electron chi connectivity index (χ0n) is 7.77.